The van der Waals surface area contributed by atoms with Gasteiger partial charge in [-0.25, -0.2) is 9.18 Å². The zero-order chi connectivity index (χ0) is 16.0. The number of aryl methyl sites for hydroxylation is 1. The molecule has 114 valence electrons. The fraction of sp³-hybridized carbons (Fsp3) is 0.357. The quantitative estimate of drug-likeness (QED) is 0.776. The number of aliphatic carboxylic acids is 1. The summed E-state index contributed by atoms with van der Waals surface area (Å²) in [4.78, 5) is 33.6. The van der Waals surface area contributed by atoms with Crippen LogP contribution < -0.4 is 10.6 Å². The molecule has 1 rings (SSSR count). The fourth-order valence-electron chi connectivity index (χ4n) is 1.80. The molecule has 3 N–H and O–H groups in total. The van der Waals surface area contributed by atoms with E-state index in [4.69, 9.17) is 5.11 Å². The molecule has 0 aliphatic rings. The van der Waals surface area contributed by atoms with Crippen LogP contribution in [0.25, 0.3) is 0 Å². The molecule has 3 amide bonds. The molecule has 0 aliphatic heterocycles. The maximum absolute atomic E-state index is 13.5. The van der Waals surface area contributed by atoms with Crippen molar-refractivity contribution in [2.45, 2.75) is 26.7 Å². The third-order valence-electron chi connectivity index (χ3n) is 2.77. The van der Waals surface area contributed by atoms with Gasteiger partial charge >= 0.3 is 12.0 Å². The number of nitrogens with one attached hydrogen (secondary N) is 2. The van der Waals surface area contributed by atoms with E-state index in [0.29, 0.717) is 5.56 Å². The average molecular weight is 296 g/mol. The first-order chi connectivity index (χ1) is 9.79. The van der Waals surface area contributed by atoms with Gasteiger partial charge in [-0.2, -0.15) is 0 Å². The Bertz CT molecular complexity index is 540. The van der Waals surface area contributed by atoms with Gasteiger partial charge in [-0.05, 0) is 24.5 Å². The number of urea groups is 1. The maximum atomic E-state index is 13.5. The first kappa shape index (κ1) is 16.6. The molecular weight excluding hydrogens is 279 g/mol. The van der Waals surface area contributed by atoms with E-state index in [0.717, 1.165) is 0 Å². The monoisotopic (exact) mass is 296 g/mol. The lowest BCUT2D eigenvalue weighted by Gasteiger charge is -2.11. The number of carbonyl (C=O) groups excluding carboxylic acids is 2. The van der Waals surface area contributed by atoms with Crippen molar-refractivity contribution in [1.29, 1.82) is 0 Å². The minimum Gasteiger partial charge on any atom is -0.481 e. The van der Waals surface area contributed by atoms with Crippen molar-refractivity contribution in [3.63, 3.8) is 0 Å². The lowest BCUT2D eigenvalue weighted by Crippen LogP contribution is -2.35. The number of rotatable bonds is 5. The highest BCUT2D eigenvalue weighted by Gasteiger charge is 2.16. The van der Waals surface area contributed by atoms with Crippen molar-refractivity contribution in [2.75, 3.05) is 5.32 Å². The molecule has 1 aromatic carbocycles. The van der Waals surface area contributed by atoms with Crippen LogP contribution in [-0.4, -0.2) is 23.0 Å². The standard InChI is InChI=1S/C14H17FN2O4/c1-8(7-12(19)20)6-11(18)16-14(21)17-13-9(2)4-3-5-10(13)15/h3-5,8H,6-7H2,1-2H3,(H,19,20)(H2,16,17,18,21). The smallest absolute Gasteiger partial charge is 0.325 e. The molecule has 0 saturated carbocycles. The number of imide groups is 1. The van der Waals surface area contributed by atoms with E-state index in [1.165, 1.54) is 12.1 Å². The Morgan fingerprint density at radius 2 is 1.95 bits per heavy atom. The predicted molar refractivity (Wildman–Crippen MR) is 74.3 cm³/mol. The molecule has 0 saturated heterocycles. The third-order valence-corrected chi connectivity index (χ3v) is 2.77. The van der Waals surface area contributed by atoms with Crippen LogP contribution in [0.5, 0.6) is 0 Å². The average Bonchev–Trinajstić information content (AvgIpc) is 2.32. The number of para-hydroxylation sites is 1. The summed E-state index contributed by atoms with van der Waals surface area (Å²) in [7, 11) is 0. The Hall–Kier alpha value is -2.44. The Balaban J connectivity index is 2.54. The van der Waals surface area contributed by atoms with Gasteiger partial charge in [-0.3, -0.25) is 14.9 Å². The Labute approximate surface area is 121 Å². The van der Waals surface area contributed by atoms with Gasteiger partial charge in [-0.1, -0.05) is 19.1 Å². The van der Waals surface area contributed by atoms with Gasteiger partial charge in [0.25, 0.3) is 0 Å². The van der Waals surface area contributed by atoms with Gasteiger partial charge in [0.15, 0.2) is 0 Å². The van der Waals surface area contributed by atoms with Crippen LogP contribution >= 0.6 is 0 Å². The fourth-order valence-corrected chi connectivity index (χ4v) is 1.80. The number of benzene rings is 1. The van der Waals surface area contributed by atoms with E-state index in [9.17, 15) is 18.8 Å². The highest BCUT2D eigenvalue weighted by Crippen LogP contribution is 2.18. The van der Waals surface area contributed by atoms with Crippen molar-refractivity contribution in [3.05, 3.63) is 29.6 Å². The van der Waals surface area contributed by atoms with Gasteiger partial charge < -0.3 is 10.4 Å². The lowest BCUT2D eigenvalue weighted by atomic mass is 10.0. The number of carboxylic acid groups (broad SMARTS) is 1. The van der Waals surface area contributed by atoms with Crippen LogP contribution in [0.15, 0.2) is 18.2 Å². The second-order valence-electron chi connectivity index (χ2n) is 4.84. The number of amides is 3. The maximum Gasteiger partial charge on any atom is 0.325 e. The van der Waals surface area contributed by atoms with Gasteiger partial charge in [0.05, 0.1) is 5.69 Å². The van der Waals surface area contributed by atoms with E-state index in [1.807, 2.05) is 5.32 Å². The molecular formula is C14H17FN2O4. The summed E-state index contributed by atoms with van der Waals surface area (Å²) in [5.74, 6) is -2.63. The zero-order valence-corrected chi connectivity index (χ0v) is 11.8. The van der Waals surface area contributed by atoms with Crippen LogP contribution in [0.2, 0.25) is 0 Å². The van der Waals surface area contributed by atoms with E-state index in [-0.39, 0.29) is 18.5 Å². The van der Waals surface area contributed by atoms with Crippen LogP contribution in [0.1, 0.15) is 25.3 Å². The Morgan fingerprint density at radius 1 is 1.29 bits per heavy atom. The first-order valence-corrected chi connectivity index (χ1v) is 6.37. The molecule has 0 spiro atoms. The summed E-state index contributed by atoms with van der Waals surface area (Å²) >= 11 is 0. The lowest BCUT2D eigenvalue weighted by molar-refractivity contribution is -0.138. The normalized spacial score (nSPS) is 11.6. The van der Waals surface area contributed by atoms with Crippen molar-refractivity contribution < 1.29 is 23.9 Å². The minimum atomic E-state index is -1.01. The van der Waals surface area contributed by atoms with Crippen molar-refractivity contribution in [2.24, 2.45) is 5.92 Å². The molecule has 0 bridgehead atoms. The molecule has 0 radical (unpaired) electrons. The molecule has 0 aromatic heterocycles. The summed E-state index contributed by atoms with van der Waals surface area (Å²) < 4.78 is 13.5. The molecule has 7 heteroatoms. The second kappa shape index (κ2) is 7.37. The largest absolute Gasteiger partial charge is 0.481 e. The second-order valence-corrected chi connectivity index (χ2v) is 4.84. The topological polar surface area (TPSA) is 95.5 Å². The van der Waals surface area contributed by atoms with Crippen molar-refractivity contribution in [3.8, 4) is 0 Å². The number of carbonyl (C=O) groups is 3. The minimum absolute atomic E-state index is 0.00128. The molecule has 21 heavy (non-hydrogen) atoms. The van der Waals surface area contributed by atoms with E-state index >= 15 is 0 Å². The van der Waals surface area contributed by atoms with Gasteiger partial charge in [0.2, 0.25) is 5.91 Å². The van der Waals surface area contributed by atoms with E-state index < -0.39 is 29.6 Å². The Kier molecular flexibility index (Phi) is 5.83. The van der Waals surface area contributed by atoms with Gasteiger partial charge in [0, 0.05) is 12.8 Å². The number of anilines is 1. The van der Waals surface area contributed by atoms with Crippen molar-refractivity contribution >= 4 is 23.6 Å². The summed E-state index contributed by atoms with van der Waals surface area (Å²) in [5, 5.41) is 12.9. The van der Waals surface area contributed by atoms with Crippen LogP contribution in [0.4, 0.5) is 14.9 Å². The third kappa shape index (κ3) is 5.60. The van der Waals surface area contributed by atoms with E-state index in [1.54, 1.807) is 19.9 Å². The zero-order valence-electron chi connectivity index (χ0n) is 11.8. The summed E-state index contributed by atoms with van der Waals surface area (Å²) in [6, 6.07) is 3.47. The number of carboxylic acids is 1. The van der Waals surface area contributed by atoms with Crippen molar-refractivity contribution in [1.82, 2.24) is 5.32 Å². The van der Waals surface area contributed by atoms with Crippen LogP contribution in [-0.2, 0) is 9.59 Å². The molecule has 6 nitrogen and oxygen atoms in total. The molecule has 1 atom stereocenters. The molecule has 0 fully saturated rings. The Morgan fingerprint density at radius 3 is 2.52 bits per heavy atom. The SMILES string of the molecule is Cc1cccc(F)c1NC(=O)NC(=O)CC(C)CC(=O)O. The first-order valence-electron chi connectivity index (χ1n) is 6.37. The predicted octanol–water partition coefficient (Wildman–Crippen LogP) is 2.28. The molecule has 0 aliphatic carbocycles. The molecule has 0 heterocycles. The van der Waals surface area contributed by atoms with Gasteiger partial charge in [-0.15, -0.1) is 0 Å². The summed E-state index contributed by atoms with van der Waals surface area (Å²) in [6.45, 7) is 3.21. The highest BCUT2D eigenvalue weighted by molar-refractivity contribution is 6.01. The summed E-state index contributed by atoms with van der Waals surface area (Å²) in [6.07, 6.45) is -0.266. The summed E-state index contributed by atoms with van der Waals surface area (Å²) in [5.41, 5.74) is 0.526. The number of hydrogen-bond acceptors (Lipinski definition) is 3. The molecule has 1 unspecified atom stereocenters. The van der Waals surface area contributed by atoms with Crippen LogP contribution in [0, 0.1) is 18.7 Å². The van der Waals surface area contributed by atoms with Gasteiger partial charge in [0.1, 0.15) is 5.82 Å². The van der Waals surface area contributed by atoms with Crippen LogP contribution in [0.3, 0.4) is 0 Å². The number of halogens is 1. The molecule has 1 aromatic rings. The number of hydrogen-bond donors (Lipinski definition) is 3. The van der Waals surface area contributed by atoms with E-state index in [2.05, 4.69) is 5.32 Å². The highest BCUT2D eigenvalue weighted by atomic mass is 19.1.